The Hall–Kier alpha value is -4.03. The van der Waals surface area contributed by atoms with Gasteiger partial charge in [-0.25, -0.2) is 14.8 Å². The minimum atomic E-state index is -0.907. The van der Waals surface area contributed by atoms with Gasteiger partial charge in [-0.1, -0.05) is 24.0 Å². The molecule has 0 radical (unpaired) electrons. The Balaban J connectivity index is 1.41. The molecule has 186 valence electrons. The summed E-state index contributed by atoms with van der Waals surface area (Å²) < 4.78 is 13.8. The first kappa shape index (κ1) is 25.1. The fraction of sp³-hybridized carbons (Fsp3) is 0.333. The number of likely N-dealkylation sites (N-methyl/N-ethyl adjacent to an activating group) is 1. The van der Waals surface area contributed by atoms with Crippen LogP contribution in [0.3, 0.4) is 0 Å². The number of benzene rings is 1. The Kier molecular flexibility index (Phi) is 7.46. The van der Waals surface area contributed by atoms with Crippen molar-refractivity contribution in [1.29, 1.82) is 0 Å². The maximum absolute atomic E-state index is 13.8. The summed E-state index contributed by atoms with van der Waals surface area (Å²) in [7, 11) is 1.66. The summed E-state index contributed by atoms with van der Waals surface area (Å²) in [6.45, 7) is 0. The number of anilines is 1. The van der Waals surface area contributed by atoms with E-state index in [0.717, 1.165) is 17.7 Å². The first-order chi connectivity index (χ1) is 17.3. The molecule has 36 heavy (non-hydrogen) atoms. The number of carbonyl (C=O) groups is 2. The molecule has 8 nitrogen and oxygen atoms in total. The molecule has 2 heterocycles. The average molecular weight is 490 g/mol. The monoisotopic (exact) mass is 489 g/mol. The molecule has 1 atom stereocenters. The Morgan fingerprint density at radius 1 is 1.42 bits per heavy atom. The van der Waals surface area contributed by atoms with E-state index in [1.807, 2.05) is 18.2 Å². The largest absolute Gasteiger partial charge is 0.404 e. The quantitative estimate of drug-likeness (QED) is 0.346. The third kappa shape index (κ3) is 5.78. The van der Waals surface area contributed by atoms with Crippen molar-refractivity contribution in [3.05, 3.63) is 70.9 Å². The van der Waals surface area contributed by atoms with Crippen molar-refractivity contribution in [2.45, 2.75) is 50.2 Å². The van der Waals surface area contributed by atoms with Crippen molar-refractivity contribution in [2.75, 3.05) is 11.9 Å². The van der Waals surface area contributed by atoms with Crippen molar-refractivity contribution in [3.63, 3.8) is 0 Å². The Labute approximate surface area is 209 Å². The number of allylic oxidation sites excluding steroid dienone is 1. The van der Waals surface area contributed by atoms with Gasteiger partial charge in [0, 0.05) is 42.7 Å². The van der Waals surface area contributed by atoms with Gasteiger partial charge in [-0.05, 0) is 67.6 Å². The zero-order valence-corrected chi connectivity index (χ0v) is 20.0. The molecule has 1 unspecified atom stereocenters. The van der Waals surface area contributed by atoms with Crippen molar-refractivity contribution in [2.24, 2.45) is 10.7 Å². The van der Waals surface area contributed by atoms with Gasteiger partial charge in [0.05, 0.1) is 0 Å². The Morgan fingerprint density at radius 3 is 2.92 bits per heavy atom. The first-order valence-corrected chi connectivity index (χ1v) is 11.8. The number of halogens is 1. The van der Waals surface area contributed by atoms with Crippen LogP contribution in [0.2, 0.25) is 0 Å². The molecule has 9 heteroatoms. The number of aromatic nitrogens is 1. The van der Waals surface area contributed by atoms with E-state index in [1.54, 1.807) is 19.2 Å². The molecular weight excluding hydrogens is 461 g/mol. The van der Waals surface area contributed by atoms with Gasteiger partial charge in [-0.15, -0.1) is 0 Å². The summed E-state index contributed by atoms with van der Waals surface area (Å²) in [5.74, 6) is 5.07. The number of nitrogens with one attached hydrogen (secondary N) is 1. The third-order valence-corrected chi connectivity index (χ3v) is 6.49. The second kappa shape index (κ2) is 10.7. The topological polar surface area (TPSA) is 121 Å². The number of hydrogen-bond acceptors (Lipinski definition) is 5. The summed E-state index contributed by atoms with van der Waals surface area (Å²) >= 11 is 0. The van der Waals surface area contributed by atoms with Gasteiger partial charge in [-0.3, -0.25) is 4.79 Å². The highest BCUT2D eigenvalue weighted by atomic mass is 19.1. The molecule has 1 fully saturated rings. The predicted molar refractivity (Wildman–Crippen MR) is 135 cm³/mol. The maximum Gasteiger partial charge on any atom is 0.341 e. The molecule has 0 bridgehead atoms. The minimum Gasteiger partial charge on any atom is -0.404 e. The second-order valence-electron chi connectivity index (χ2n) is 9.05. The molecule has 4 N–H and O–H groups in total. The van der Waals surface area contributed by atoms with Crippen LogP contribution >= 0.6 is 0 Å². The fourth-order valence-corrected chi connectivity index (χ4v) is 4.15. The molecule has 1 aliphatic carbocycles. The molecule has 1 aromatic carbocycles. The lowest BCUT2D eigenvalue weighted by Crippen LogP contribution is -2.46. The maximum atomic E-state index is 13.8. The zero-order chi connectivity index (χ0) is 25.7. The summed E-state index contributed by atoms with van der Waals surface area (Å²) in [5.41, 5.74) is 7.85. The number of aliphatic imine (C=N–C) groups is 1. The van der Waals surface area contributed by atoms with E-state index >= 15 is 0 Å². The number of aryl methyl sites for hydroxylation is 1. The second-order valence-corrected chi connectivity index (χ2v) is 9.05. The lowest BCUT2D eigenvalue weighted by atomic mass is 9.81. The predicted octanol–water partition coefficient (Wildman–Crippen LogP) is 2.63. The molecule has 1 aliphatic heterocycles. The molecule has 2 aromatic rings. The van der Waals surface area contributed by atoms with Crippen molar-refractivity contribution in [3.8, 4) is 11.8 Å². The van der Waals surface area contributed by atoms with Crippen LogP contribution in [0.5, 0.6) is 0 Å². The summed E-state index contributed by atoms with van der Waals surface area (Å²) in [6, 6.07) is 7.35. The molecule has 4 rings (SSSR count). The van der Waals surface area contributed by atoms with Crippen LogP contribution in [0.15, 0.2) is 53.3 Å². The summed E-state index contributed by atoms with van der Waals surface area (Å²) in [5, 5.41) is 12.9. The van der Waals surface area contributed by atoms with Crippen molar-refractivity contribution in [1.82, 2.24) is 10.3 Å². The van der Waals surface area contributed by atoms with Gasteiger partial charge in [0.2, 0.25) is 11.9 Å². The number of hydrogen-bond donors (Lipinski definition) is 3. The van der Waals surface area contributed by atoms with E-state index in [1.165, 1.54) is 23.5 Å². The number of fused-ring (bicyclic) bond motifs is 1. The molecule has 2 aliphatic rings. The van der Waals surface area contributed by atoms with Crippen LogP contribution in [0.4, 0.5) is 14.9 Å². The summed E-state index contributed by atoms with van der Waals surface area (Å²) in [6.07, 6.45) is 7.27. The number of rotatable bonds is 4. The van der Waals surface area contributed by atoms with Crippen LogP contribution < -0.4 is 16.0 Å². The molecule has 1 aromatic heterocycles. The number of pyridine rings is 1. The van der Waals surface area contributed by atoms with Gasteiger partial charge in [-0.2, -0.15) is 4.39 Å². The first-order valence-electron chi connectivity index (χ1n) is 11.8. The van der Waals surface area contributed by atoms with Crippen LogP contribution in [0.25, 0.3) is 0 Å². The summed E-state index contributed by atoms with van der Waals surface area (Å²) in [4.78, 5) is 34.5. The minimum absolute atomic E-state index is 0.121. The van der Waals surface area contributed by atoms with Crippen molar-refractivity contribution < 1.29 is 19.1 Å². The van der Waals surface area contributed by atoms with Gasteiger partial charge >= 0.3 is 6.03 Å². The van der Waals surface area contributed by atoms with Crippen LogP contribution in [-0.2, 0) is 17.6 Å². The Morgan fingerprint density at radius 2 is 2.22 bits per heavy atom. The molecule has 1 saturated carbocycles. The molecule has 0 saturated heterocycles. The lowest BCUT2D eigenvalue weighted by Gasteiger charge is -2.30. The van der Waals surface area contributed by atoms with Crippen molar-refractivity contribution >= 4 is 23.8 Å². The number of amides is 3. The van der Waals surface area contributed by atoms with E-state index in [4.69, 9.17) is 5.73 Å². The SMILES string of the molecule is CN1C(=O)C(NC(=O)N=CC(=CN)Cc2cccnc2F)CCc2ccc(C#CC3(O)CCC3)cc21. The average Bonchev–Trinajstić information content (AvgIpc) is 2.97. The third-order valence-electron chi connectivity index (χ3n) is 6.49. The van der Waals surface area contributed by atoms with Crippen LogP contribution in [0, 0.1) is 17.8 Å². The van der Waals surface area contributed by atoms with Gasteiger partial charge in [0.1, 0.15) is 11.6 Å². The zero-order valence-electron chi connectivity index (χ0n) is 20.0. The van der Waals surface area contributed by atoms with Gasteiger partial charge < -0.3 is 21.1 Å². The number of nitrogens with two attached hydrogens (primary N) is 1. The fourth-order valence-electron chi connectivity index (χ4n) is 4.15. The highest BCUT2D eigenvalue weighted by molar-refractivity contribution is 6.01. The van der Waals surface area contributed by atoms with Gasteiger partial charge in [0.25, 0.3) is 0 Å². The smallest absolute Gasteiger partial charge is 0.341 e. The standard InChI is InChI=1S/C27H28FN5O3/c1-33-23-15-18(9-12-27(36)10-3-11-27)5-6-20(23)7-8-22(25(33)34)32-26(35)31-17-19(16-29)14-21-4-2-13-30-24(21)28/h2,4-6,13,15-17,22,36H,3,7-8,10-11,14,29H2,1H3,(H,32,35). The number of carbonyl (C=O) groups excluding carboxylic acids is 2. The molecular formula is C27H28FN5O3. The highest BCUT2D eigenvalue weighted by Gasteiger charge is 2.32. The Bertz CT molecular complexity index is 1290. The highest BCUT2D eigenvalue weighted by Crippen LogP contribution is 2.31. The molecule has 0 spiro atoms. The van der Waals surface area contributed by atoms with E-state index in [-0.39, 0.29) is 12.3 Å². The van der Waals surface area contributed by atoms with E-state index in [9.17, 15) is 19.1 Å². The molecule has 3 amide bonds. The van der Waals surface area contributed by atoms with Gasteiger partial charge in [0.15, 0.2) is 0 Å². The normalized spacial score (nSPS) is 19.1. The number of urea groups is 1. The number of aliphatic hydroxyl groups is 1. The lowest BCUT2D eigenvalue weighted by molar-refractivity contribution is -0.120. The van der Waals surface area contributed by atoms with Crippen LogP contribution in [-0.4, -0.2) is 46.9 Å². The van der Waals surface area contributed by atoms with E-state index in [0.29, 0.717) is 42.4 Å². The van der Waals surface area contributed by atoms with Crippen LogP contribution in [0.1, 0.15) is 42.4 Å². The number of nitrogens with zero attached hydrogens (tertiary/aromatic N) is 3. The van der Waals surface area contributed by atoms with E-state index < -0.39 is 23.6 Å². The van der Waals surface area contributed by atoms with E-state index in [2.05, 4.69) is 27.1 Å².